The molecule has 1 N–H and O–H groups in total. The molecule has 0 spiro atoms. The standard InChI is InChI=1S/C26H22ClF3N6O5S/c1-4-25(37)36(23-8-7-16(14-31-23)42(38,39)35-22-6-5-9-32-34-22)19-13-18(27)17(12-20(19)40-2)15-10-21(26(28,29)30)33-24(11-15)41-3/h5-14H,4H2,1-3H3,(H,34,35). The lowest BCUT2D eigenvalue weighted by Crippen LogP contribution is -2.26. The number of hydrogen-bond acceptors (Lipinski definition) is 9. The van der Waals surface area contributed by atoms with Crippen LogP contribution in [0.1, 0.15) is 19.0 Å². The molecule has 1 amide bonds. The van der Waals surface area contributed by atoms with Crippen molar-refractivity contribution in [2.75, 3.05) is 23.8 Å². The van der Waals surface area contributed by atoms with Crippen LogP contribution in [0.3, 0.4) is 0 Å². The Morgan fingerprint density at radius 3 is 2.43 bits per heavy atom. The molecule has 0 fully saturated rings. The van der Waals surface area contributed by atoms with Crippen molar-refractivity contribution in [3.63, 3.8) is 0 Å². The molecule has 0 bridgehead atoms. The zero-order valence-corrected chi connectivity index (χ0v) is 23.8. The molecule has 4 aromatic rings. The van der Waals surface area contributed by atoms with Gasteiger partial charge in [-0.3, -0.25) is 14.4 Å². The highest BCUT2D eigenvalue weighted by atomic mass is 35.5. The van der Waals surface area contributed by atoms with Gasteiger partial charge in [0.1, 0.15) is 22.2 Å². The zero-order valence-electron chi connectivity index (χ0n) is 22.2. The van der Waals surface area contributed by atoms with E-state index in [-0.39, 0.29) is 56.4 Å². The predicted octanol–water partition coefficient (Wildman–Crippen LogP) is 5.50. The normalized spacial score (nSPS) is 11.6. The third-order valence-electron chi connectivity index (χ3n) is 5.75. The Balaban J connectivity index is 1.77. The van der Waals surface area contributed by atoms with Crippen LogP contribution in [0.2, 0.25) is 5.02 Å². The molecule has 0 aliphatic carbocycles. The maximum atomic E-state index is 13.5. The van der Waals surface area contributed by atoms with E-state index in [1.807, 2.05) is 0 Å². The van der Waals surface area contributed by atoms with Crippen LogP contribution < -0.4 is 19.1 Å². The molecule has 4 rings (SSSR count). The lowest BCUT2D eigenvalue weighted by molar-refractivity contribution is -0.141. The molecule has 3 heterocycles. The Kier molecular flexibility index (Phi) is 8.82. The number of pyridine rings is 2. The predicted molar refractivity (Wildman–Crippen MR) is 147 cm³/mol. The summed E-state index contributed by atoms with van der Waals surface area (Å²) in [7, 11) is -1.59. The smallest absolute Gasteiger partial charge is 0.433 e. The first-order valence-electron chi connectivity index (χ1n) is 12.0. The van der Waals surface area contributed by atoms with Gasteiger partial charge in [0.2, 0.25) is 11.8 Å². The summed E-state index contributed by atoms with van der Waals surface area (Å²) in [6.07, 6.45) is -2.31. The van der Waals surface area contributed by atoms with Crippen molar-refractivity contribution in [3.05, 3.63) is 71.6 Å². The number of methoxy groups -OCH3 is 2. The summed E-state index contributed by atoms with van der Waals surface area (Å²) in [5.74, 6) is -0.633. The summed E-state index contributed by atoms with van der Waals surface area (Å²) in [4.78, 5) is 21.7. The lowest BCUT2D eigenvalue weighted by atomic mass is 10.0. The van der Waals surface area contributed by atoms with E-state index in [4.69, 9.17) is 21.1 Å². The number of carbonyl (C=O) groups is 1. The molecule has 3 aromatic heterocycles. The van der Waals surface area contributed by atoms with Crippen LogP contribution >= 0.6 is 11.6 Å². The minimum Gasteiger partial charge on any atom is -0.495 e. The van der Waals surface area contributed by atoms with Crippen LogP contribution in [0.5, 0.6) is 11.6 Å². The number of benzene rings is 1. The Bertz CT molecular complexity index is 1710. The van der Waals surface area contributed by atoms with E-state index < -0.39 is 27.8 Å². The maximum absolute atomic E-state index is 13.5. The number of hydrogen-bond donors (Lipinski definition) is 1. The largest absolute Gasteiger partial charge is 0.495 e. The van der Waals surface area contributed by atoms with E-state index in [1.54, 1.807) is 6.92 Å². The van der Waals surface area contributed by atoms with Crippen molar-refractivity contribution in [1.82, 2.24) is 20.2 Å². The van der Waals surface area contributed by atoms with Crippen molar-refractivity contribution >= 4 is 44.9 Å². The molecule has 0 aliphatic rings. The van der Waals surface area contributed by atoms with Crippen molar-refractivity contribution in [3.8, 4) is 22.8 Å². The molecule has 1 aromatic carbocycles. The fraction of sp³-hybridized carbons (Fsp3) is 0.192. The second-order valence-corrected chi connectivity index (χ2v) is 10.5. The van der Waals surface area contributed by atoms with Crippen LogP contribution in [0.4, 0.5) is 30.5 Å². The highest BCUT2D eigenvalue weighted by molar-refractivity contribution is 7.92. The molecular weight excluding hydrogens is 601 g/mol. The number of anilines is 3. The van der Waals surface area contributed by atoms with Gasteiger partial charge in [-0.05, 0) is 48.0 Å². The highest BCUT2D eigenvalue weighted by Crippen LogP contribution is 2.43. The number of amides is 1. The number of ether oxygens (including phenoxy) is 2. The number of carbonyl (C=O) groups excluding carboxylic acids is 1. The van der Waals surface area contributed by atoms with Gasteiger partial charge in [-0.25, -0.2) is 18.4 Å². The van der Waals surface area contributed by atoms with E-state index in [2.05, 4.69) is 24.9 Å². The van der Waals surface area contributed by atoms with Crippen molar-refractivity contribution in [1.29, 1.82) is 0 Å². The van der Waals surface area contributed by atoms with Gasteiger partial charge in [0.05, 0.1) is 24.9 Å². The Hall–Kier alpha value is -4.50. The topological polar surface area (TPSA) is 136 Å². The number of sulfonamides is 1. The number of halogens is 4. The average Bonchev–Trinajstić information content (AvgIpc) is 2.97. The first-order chi connectivity index (χ1) is 19.9. The summed E-state index contributed by atoms with van der Waals surface area (Å²) in [5.41, 5.74) is -0.875. The number of rotatable bonds is 9. The van der Waals surface area contributed by atoms with Crippen LogP contribution in [0, 0.1) is 0 Å². The fourth-order valence-corrected chi connectivity index (χ4v) is 4.98. The van der Waals surface area contributed by atoms with Crippen molar-refractivity contribution in [2.45, 2.75) is 24.4 Å². The second kappa shape index (κ2) is 12.2. The fourth-order valence-electron chi connectivity index (χ4n) is 3.77. The molecule has 0 saturated carbocycles. The average molecular weight is 623 g/mol. The first-order valence-corrected chi connectivity index (χ1v) is 13.8. The van der Waals surface area contributed by atoms with E-state index in [0.29, 0.717) is 0 Å². The zero-order chi connectivity index (χ0) is 30.7. The quantitative estimate of drug-likeness (QED) is 0.257. The van der Waals surface area contributed by atoms with Gasteiger partial charge in [0, 0.05) is 30.4 Å². The molecule has 0 atom stereocenters. The summed E-state index contributed by atoms with van der Waals surface area (Å²) >= 11 is 6.54. The van der Waals surface area contributed by atoms with Gasteiger partial charge < -0.3 is 9.47 Å². The third kappa shape index (κ3) is 6.52. The number of nitrogens with one attached hydrogen (secondary N) is 1. The number of alkyl halides is 3. The molecule has 0 radical (unpaired) electrons. The van der Waals surface area contributed by atoms with Gasteiger partial charge in [-0.2, -0.15) is 18.3 Å². The first kappa shape index (κ1) is 30.5. The Morgan fingerprint density at radius 1 is 1.10 bits per heavy atom. The minimum atomic E-state index is -4.75. The summed E-state index contributed by atoms with van der Waals surface area (Å²) in [6, 6.07) is 10.3. The molecular formula is C26H22ClF3N6O5S. The molecule has 0 unspecified atom stereocenters. The highest BCUT2D eigenvalue weighted by Gasteiger charge is 2.34. The van der Waals surface area contributed by atoms with E-state index in [1.165, 1.54) is 62.9 Å². The van der Waals surface area contributed by atoms with Crippen molar-refractivity contribution < 1.29 is 35.9 Å². The van der Waals surface area contributed by atoms with Gasteiger partial charge in [-0.15, -0.1) is 5.10 Å². The molecule has 220 valence electrons. The number of nitrogens with zero attached hydrogens (tertiary/aromatic N) is 5. The van der Waals surface area contributed by atoms with E-state index >= 15 is 0 Å². The van der Waals surface area contributed by atoms with Crippen molar-refractivity contribution in [2.24, 2.45) is 0 Å². The maximum Gasteiger partial charge on any atom is 0.433 e. The number of aromatic nitrogens is 4. The SMILES string of the molecule is CCC(=O)N(c1ccc(S(=O)(=O)Nc2cccnn2)cn1)c1cc(Cl)c(-c2cc(OC)nc(C(F)(F)F)c2)cc1OC. The molecule has 0 saturated heterocycles. The van der Waals surface area contributed by atoms with Gasteiger partial charge in [0.25, 0.3) is 10.0 Å². The third-order valence-corrected chi connectivity index (χ3v) is 7.40. The molecule has 16 heteroatoms. The summed E-state index contributed by atoms with van der Waals surface area (Å²) in [6.45, 7) is 1.60. The lowest BCUT2D eigenvalue weighted by Gasteiger charge is -2.25. The van der Waals surface area contributed by atoms with Crippen LogP contribution in [0.15, 0.2) is 65.8 Å². The van der Waals surface area contributed by atoms with Gasteiger partial charge in [0.15, 0.2) is 5.82 Å². The monoisotopic (exact) mass is 622 g/mol. The summed E-state index contributed by atoms with van der Waals surface area (Å²) in [5, 5.41) is 7.28. The van der Waals surface area contributed by atoms with E-state index in [0.717, 1.165) is 17.2 Å². The molecule has 0 aliphatic heterocycles. The Labute approximate surface area is 243 Å². The van der Waals surface area contributed by atoms with Gasteiger partial charge in [-0.1, -0.05) is 18.5 Å². The summed E-state index contributed by atoms with van der Waals surface area (Å²) < 4.78 is 78.7. The second-order valence-electron chi connectivity index (χ2n) is 8.43. The molecule has 42 heavy (non-hydrogen) atoms. The van der Waals surface area contributed by atoms with Crippen LogP contribution in [-0.2, 0) is 21.0 Å². The minimum absolute atomic E-state index is 0.00185. The van der Waals surface area contributed by atoms with E-state index in [9.17, 15) is 26.4 Å². The molecule has 11 nitrogen and oxygen atoms in total. The van der Waals surface area contributed by atoms with Gasteiger partial charge >= 0.3 is 6.18 Å². The van der Waals surface area contributed by atoms with Crippen LogP contribution in [-0.4, -0.2) is 48.7 Å². The van der Waals surface area contributed by atoms with Crippen LogP contribution in [0.25, 0.3) is 11.1 Å². The Morgan fingerprint density at radius 2 is 1.86 bits per heavy atom.